The molecule has 2 fully saturated rings. The van der Waals surface area contributed by atoms with Gasteiger partial charge in [-0.2, -0.15) is 18.3 Å². The van der Waals surface area contributed by atoms with Gasteiger partial charge in [0.25, 0.3) is 5.91 Å². The van der Waals surface area contributed by atoms with Crippen LogP contribution in [0.25, 0.3) is 0 Å². The highest BCUT2D eigenvalue weighted by Gasteiger charge is 2.48. The molecule has 2 aliphatic rings. The maximum Gasteiger partial charge on any atom is 0.410 e. The summed E-state index contributed by atoms with van der Waals surface area (Å²) in [5, 5.41) is 13.5. The van der Waals surface area contributed by atoms with Crippen molar-refractivity contribution in [1.82, 2.24) is 25.7 Å². The van der Waals surface area contributed by atoms with E-state index in [1.807, 2.05) is 24.5 Å². The first kappa shape index (κ1) is 36.7. The van der Waals surface area contributed by atoms with Crippen molar-refractivity contribution in [3.8, 4) is 0 Å². The van der Waals surface area contributed by atoms with Crippen LogP contribution in [-0.4, -0.2) is 64.0 Å². The Morgan fingerprint density at radius 1 is 0.958 bits per heavy atom. The first-order valence-electron chi connectivity index (χ1n) is 16.1. The summed E-state index contributed by atoms with van der Waals surface area (Å²) >= 11 is 0. The number of ether oxygens (including phenoxy) is 1. The maximum absolute atomic E-state index is 15.4. The van der Waals surface area contributed by atoms with Gasteiger partial charge in [0.1, 0.15) is 29.2 Å². The molecule has 3 atom stereocenters. The van der Waals surface area contributed by atoms with Crippen molar-refractivity contribution >= 4 is 29.5 Å². The molecule has 0 aliphatic heterocycles. The van der Waals surface area contributed by atoms with Crippen LogP contribution in [0, 0.1) is 23.6 Å². The number of hydrogen-bond acceptors (Lipinski definition) is 6. The molecule has 2 aliphatic carbocycles. The van der Waals surface area contributed by atoms with Crippen LogP contribution in [0.5, 0.6) is 0 Å². The molecule has 4 rings (SSSR count). The molecule has 4 N–H and O–H groups in total. The molecule has 2 saturated carbocycles. The van der Waals surface area contributed by atoms with Gasteiger partial charge in [-0.05, 0) is 109 Å². The number of amides is 4. The van der Waals surface area contributed by atoms with Crippen LogP contribution >= 0.6 is 0 Å². The van der Waals surface area contributed by atoms with E-state index < -0.39 is 66.0 Å². The fourth-order valence-corrected chi connectivity index (χ4v) is 5.66. The molecule has 1 unspecified atom stereocenters. The number of hydrogen-bond donors (Lipinski definition) is 4. The number of aromatic nitrogens is 2. The van der Waals surface area contributed by atoms with Crippen LogP contribution < -0.4 is 21.3 Å². The van der Waals surface area contributed by atoms with Crippen LogP contribution in [0.1, 0.15) is 95.2 Å². The van der Waals surface area contributed by atoms with Crippen molar-refractivity contribution in [3.05, 3.63) is 47.5 Å². The zero-order chi connectivity index (χ0) is 35.6. The van der Waals surface area contributed by atoms with Gasteiger partial charge >= 0.3 is 12.3 Å². The Morgan fingerprint density at radius 3 is 2.10 bits per heavy atom. The normalized spacial score (nSPS) is 17.0. The highest BCUT2D eigenvalue weighted by atomic mass is 19.4. The Morgan fingerprint density at radius 2 is 1.58 bits per heavy atom. The molecule has 2 aromatic rings. The number of halogens is 4. The summed E-state index contributed by atoms with van der Waals surface area (Å²) in [7, 11) is 0. The third-order valence-corrected chi connectivity index (χ3v) is 8.38. The van der Waals surface area contributed by atoms with E-state index in [1.54, 1.807) is 31.5 Å². The summed E-state index contributed by atoms with van der Waals surface area (Å²) in [6.45, 7) is 8.73. The van der Waals surface area contributed by atoms with Gasteiger partial charge in [-0.15, -0.1) is 0 Å². The minimum atomic E-state index is -4.90. The summed E-state index contributed by atoms with van der Waals surface area (Å²) in [6, 6.07) is 1.63. The van der Waals surface area contributed by atoms with Crippen LogP contribution in [0.3, 0.4) is 0 Å². The lowest BCUT2D eigenvalue weighted by atomic mass is 9.88. The average molecular weight is 681 g/mol. The van der Waals surface area contributed by atoms with Gasteiger partial charge in [0.15, 0.2) is 0 Å². The summed E-state index contributed by atoms with van der Waals surface area (Å²) in [5.41, 5.74) is -0.786. The average Bonchev–Trinajstić information content (AvgIpc) is 3.92. The highest BCUT2D eigenvalue weighted by molar-refractivity contribution is 6.01. The molecule has 1 heterocycles. The largest absolute Gasteiger partial charge is 0.444 e. The van der Waals surface area contributed by atoms with Crippen LogP contribution in [0.2, 0.25) is 0 Å². The Balaban J connectivity index is 1.45. The predicted octanol–water partition coefficient (Wildman–Crippen LogP) is 5.45. The van der Waals surface area contributed by atoms with Gasteiger partial charge < -0.3 is 26.0 Å². The molecular formula is C33H44F4N6O5. The monoisotopic (exact) mass is 680 g/mol. The van der Waals surface area contributed by atoms with Crippen molar-refractivity contribution < 1.29 is 41.5 Å². The van der Waals surface area contributed by atoms with E-state index in [-0.39, 0.29) is 35.0 Å². The number of carbonyl (C=O) groups excluding carboxylic acids is 4. The summed E-state index contributed by atoms with van der Waals surface area (Å²) in [5.74, 6) is -3.85. The molecule has 0 radical (unpaired) electrons. The number of carbonyl (C=O) groups is 4. The molecule has 4 amide bonds. The molecular weight excluding hydrogens is 636 g/mol. The number of anilines is 1. The zero-order valence-corrected chi connectivity index (χ0v) is 27.9. The topological polar surface area (TPSA) is 143 Å². The smallest absolute Gasteiger partial charge is 0.410 e. The molecule has 264 valence electrons. The van der Waals surface area contributed by atoms with E-state index in [2.05, 4.69) is 15.7 Å². The molecule has 1 aromatic heterocycles. The van der Waals surface area contributed by atoms with Crippen molar-refractivity contribution in [1.29, 1.82) is 0 Å². The summed E-state index contributed by atoms with van der Waals surface area (Å²) in [6.07, 6.45) is -0.752. The molecule has 15 heteroatoms. The fourth-order valence-electron chi connectivity index (χ4n) is 5.66. The molecule has 11 nitrogen and oxygen atoms in total. The minimum absolute atomic E-state index is 0.0599. The number of nitrogens with zero attached hydrogens (tertiary/aromatic N) is 2. The third kappa shape index (κ3) is 9.69. The van der Waals surface area contributed by atoms with Crippen molar-refractivity contribution in [2.24, 2.45) is 17.8 Å². The molecule has 48 heavy (non-hydrogen) atoms. The Kier molecular flexibility index (Phi) is 11.1. The Hall–Kier alpha value is -4.17. The number of benzene rings is 1. The van der Waals surface area contributed by atoms with Crippen molar-refractivity contribution in [3.63, 3.8) is 0 Å². The van der Waals surface area contributed by atoms with E-state index >= 15 is 4.39 Å². The van der Waals surface area contributed by atoms with Gasteiger partial charge in [0.05, 0.1) is 18.2 Å². The number of rotatable bonds is 13. The van der Waals surface area contributed by atoms with Crippen LogP contribution in [-0.2, 0) is 14.3 Å². The standard InChI is InChI=1S/C33H44F4N6O5/c1-17(2)43-24(13-14-39-43)29(45)42-27(26(19-7-8-19)20-9-10-20)30(46)40-23-12-11-21(15-22(23)34)18(3)28(44)41-25(33(35,36)37)16-38-31(47)48-32(4,5)6/h11-15,17-20,25-27H,7-10,16H2,1-6H3,(H,38,47)(H,40,46)(H,41,44)(H,42,45)/t18-,25?,27-/m0/s1. The fraction of sp³-hybridized carbons (Fsp3) is 0.606. The molecule has 0 bridgehead atoms. The lowest BCUT2D eigenvalue weighted by Gasteiger charge is -2.28. The number of alkyl carbamates (subject to hydrolysis) is 1. The quantitative estimate of drug-likeness (QED) is 0.207. The van der Waals surface area contributed by atoms with Crippen LogP contribution in [0.4, 0.5) is 28.0 Å². The van der Waals surface area contributed by atoms with Gasteiger partial charge in [-0.3, -0.25) is 19.1 Å². The van der Waals surface area contributed by atoms with E-state index in [9.17, 15) is 32.3 Å². The summed E-state index contributed by atoms with van der Waals surface area (Å²) in [4.78, 5) is 51.7. The zero-order valence-electron chi connectivity index (χ0n) is 27.9. The van der Waals surface area contributed by atoms with E-state index in [1.165, 1.54) is 25.3 Å². The third-order valence-electron chi connectivity index (χ3n) is 8.38. The second-order valence-corrected chi connectivity index (χ2v) is 13.9. The van der Waals surface area contributed by atoms with Gasteiger partial charge in [-0.25, -0.2) is 9.18 Å². The first-order chi connectivity index (χ1) is 22.4. The second kappa shape index (κ2) is 14.5. The van der Waals surface area contributed by atoms with Gasteiger partial charge in [-0.1, -0.05) is 6.07 Å². The molecule has 0 saturated heterocycles. The maximum atomic E-state index is 15.4. The van der Waals surface area contributed by atoms with E-state index in [0.29, 0.717) is 5.69 Å². The minimum Gasteiger partial charge on any atom is -0.444 e. The number of alkyl halides is 3. The predicted molar refractivity (Wildman–Crippen MR) is 168 cm³/mol. The number of nitrogens with one attached hydrogen (secondary N) is 4. The highest BCUT2D eigenvalue weighted by Crippen LogP contribution is 2.51. The summed E-state index contributed by atoms with van der Waals surface area (Å²) < 4.78 is 62.9. The van der Waals surface area contributed by atoms with Crippen LogP contribution in [0.15, 0.2) is 30.5 Å². The van der Waals surface area contributed by atoms with Crippen molar-refractivity contribution in [2.45, 2.75) is 103 Å². The lowest BCUT2D eigenvalue weighted by molar-refractivity contribution is -0.161. The lowest BCUT2D eigenvalue weighted by Crippen LogP contribution is -2.53. The SMILES string of the molecule is CC(C)n1nccc1C(=O)N[C@H](C(=O)Nc1ccc([C@H](C)C(=O)NC(CNC(=O)OC(C)(C)C)C(F)(F)F)cc1F)C(C1CC1)C1CC1. The van der Waals surface area contributed by atoms with Gasteiger partial charge in [0, 0.05) is 12.2 Å². The Bertz CT molecular complexity index is 1480. The Labute approximate surface area is 276 Å². The van der Waals surface area contributed by atoms with E-state index in [0.717, 1.165) is 31.7 Å². The van der Waals surface area contributed by atoms with Gasteiger partial charge in [0.2, 0.25) is 11.8 Å². The van der Waals surface area contributed by atoms with Crippen molar-refractivity contribution in [2.75, 3.05) is 11.9 Å². The first-order valence-corrected chi connectivity index (χ1v) is 16.1. The second-order valence-electron chi connectivity index (χ2n) is 13.9. The molecule has 0 spiro atoms. The van der Waals surface area contributed by atoms with E-state index in [4.69, 9.17) is 4.74 Å². The molecule has 1 aromatic carbocycles.